The van der Waals surface area contributed by atoms with Crippen molar-refractivity contribution in [2.75, 3.05) is 24.6 Å². The summed E-state index contributed by atoms with van der Waals surface area (Å²) in [5.74, 6) is -1.56. The first kappa shape index (κ1) is 28.0. The maximum absolute atomic E-state index is 12.6. The van der Waals surface area contributed by atoms with Crippen molar-refractivity contribution in [3.63, 3.8) is 0 Å². The Morgan fingerprint density at radius 3 is 2.59 bits per heavy atom. The van der Waals surface area contributed by atoms with E-state index in [2.05, 4.69) is 0 Å². The maximum atomic E-state index is 12.6. The monoisotopic (exact) mass is 576 g/mol. The summed E-state index contributed by atoms with van der Waals surface area (Å²) in [5, 5.41) is 19.2. The van der Waals surface area contributed by atoms with Gasteiger partial charge in [0.25, 0.3) is 0 Å². The van der Waals surface area contributed by atoms with Crippen molar-refractivity contribution in [1.29, 1.82) is 0 Å². The second kappa shape index (κ2) is 12.7. The molecule has 1 aliphatic rings. The van der Waals surface area contributed by atoms with Gasteiger partial charge < -0.3 is 38.5 Å². The molecule has 13 heteroatoms. The average Bonchev–Trinajstić information content (AvgIpc) is 3.37. The quantitative estimate of drug-likeness (QED) is 0.300. The van der Waals surface area contributed by atoms with Gasteiger partial charge in [-0.05, 0) is 29.8 Å². The lowest BCUT2D eigenvalue weighted by atomic mass is 10.1. The highest BCUT2D eigenvalue weighted by Gasteiger charge is 2.31. The summed E-state index contributed by atoms with van der Waals surface area (Å²) in [6, 6.07) is 16.0. The summed E-state index contributed by atoms with van der Waals surface area (Å²) in [7, 11) is 1.44. The number of aliphatic hydroxyl groups is 1. The van der Waals surface area contributed by atoms with Gasteiger partial charge in [0.05, 0.1) is 35.6 Å². The normalized spacial score (nSPS) is 15.0. The van der Waals surface area contributed by atoms with Gasteiger partial charge in [-0.2, -0.15) is 0 Å². The van der Waals surface area contributed by atoms with Gasteiger partial charge in [-0.15, -0.1) is 0 Å². The minimum Gasteiger partial charge on any atom is -0.755 e. The number of nitrogens with zero attached hydrogens (tertiary/aromatic N) is 1. The van der Waals surface area contributed by atoms with Crippen molar-refractivity contribution in [2.45, 2.75) is 12.7 Å². The number of carbonyl (C=O) groups is 1. The van der Waals surface area contributed by atoms with E-state index in [-0.39, 0.29) is 46.0 Å². The van der Waals surface area contributed by atoms with E-state index in [1.165, 1.54) is 19.2 Å². The van der Waals surface area contributed by atoms with E-state index in [9.17, 15) is 23.8 Å². The molecule has 0 radical (unpaired) electrons. The lowest BCUT2D eigenvalue weighted by molar-refractivity contribution is -0.0298. The Balaban J connectivity index is 1.79. The average molecular weight is 577 g/mol. The van der Waals surface area contributed by atoms with Gasteiger partial charge in [0.2, 0.25) is 12.2 Å². The third-order valence-corrected chi connectivity index (χ3v) is 6.35. The molecule has 11 nitrogen and oxygen atoms in total. The van der Waals surface area contributed by atoms with Crippen LogP contribution in [0, 0.1) is 0 Å². The van der Waals surface area contributed by atoms with E-state index < -0.39 is 30.1 Å². The molecule has 2 unspecified atom stereocenters. The van der Waals surface area contributed by atoms with Crippen LogP contribution in [-0.2, 0) is 27.2 Å². The van der Waals surface area contributed by atoms with E-state index >= 15 is 0 Å². The van der Waals surface area contributed by atoms with Gasteiger partial charge in [-0.1, -0.05) is 41.9 Å². The smallest absolute Gasteiger partial charge is 0.335 e. The van der Waals surface area contributed by atoms with E-state index in [1.807, 2.05) is 30.3 Å². The number of anilines is 1. The molecular weight excluding hydrogens is 554 g/mol. The lowest BCUT2D eigenvalue weighted by Crippen LogP contribution is -2.27. The Labute approximate surface area is 231 Å². The minimum absolute atomic E-state index is 0.0605. The molecule has 0 spiro atoms. The van der Waals surface area contributed by atoms with Crippen LogP contribution in [0.25, 0.3) is 0 Å². The molecule has 0 aromatic heterocycles. The molecule has 2 N–H and O–H groups in total. The number of hydrogen-bond acceptors (Lipinski definition) is 9. The zero-order chi connectivity index (χ0) is 27.9. The second-order valence-electron chi connectivity index (χ2n) is 7.94. The van der Waals surface area contributed by atoms with E-state index in [1.54, 1.807) is 6.07 Å². The summed E-state index contributed by atoms with van der Waals surface area (Å²) < 4.78 is 53.9. The Bertz CT molecular complexity index is 1380. The molecule has 0 saturated heterocycles. The summed E-state index contributed by atoms with van der Waals surface area (Å²) in [6.07, 6.45) is 0.564. The molecule has 206 valence electrons. The Hall–Kier alpha value is -3.97. The SMILES string of the molecule is COc1ccc(Cl)c(Oc2c(OCCO)cc(C(=O)O)cc2N(C2=COC(Cc3ccccc3)O2)S(=O)[O-])c1. The maximum Gasteiger partial charge on any atom is 0.335 e. The van der Waals surface area contributed by atoms with Gasteiger partial charge >= 0.3 is 5.97 Å². The number of ether oxygens (including phenoxy) is 5. The number of rotatable bonds is 12. The van der Waals surface area contributed by atoms with Crippen LogP contribution in [0.15, 0.2) is 72.8 Å². The Kier molecular flexibility index (Phi) is 9.15. The molecule has 0 fully saturated rings. The molecule has 2 atom stereocenters. The highest BCUT2D eigenvalue weighted by Crippen LogP contribution is 2.46. The van der Waals surface area contributed by atoms with Crippen LogP contribution in [0.1, 0.15) is 15.9 Å². The first-order valence-corrected chi connectivity index (χ1v) is 12.8. The first-order valence-electron chi connectivity index (χ1n) is 11.4. The van der Waals surface area contributed by atoms with E-state index in [4.69, 9.17) is 35.3 Å². The van der Waals surface area contributed by atoms with Crippen LogP contribution >= 0.6 is 11.6 Å². The topological polar surface area (TPSA) is 147 Å². The molecular formula is C26H23ClNO10S-. The zero-order valence-corrected chi connectivity index (χ0v) is 22.0. The zero-order valence-electron chi connectivity index (χ0n) is 20.4. The Morgan fingerprint density at radius 1 is 1.15 bits per heavy atom. The van der Waals surface area contributed by atoms with Crippen molar-refractivity contribution in [3.8, 4) is 23.0 Å². The molecule has 3 aromatic carbocycles. The number of methoxy groups -OCH3 is 1. The fourth-order valence-electron chi connectivity index (χ4n) is 3.61. The first-order chi connectivity index (χ1) is 18.8. The molecule has 0 saturated carbocycles. The highest BCUT2D eigenvalue weighted by atomic mass is 35.5. The molecule has 1 heterocycles. The van der Waals surface area contributed by atoms with Crippen molar-refractivity contribution in [2.24, 2.45) is 0 Å². The molecule has 3 aromatic rings. The van der Waals surface area contributed by atoms with Gasteiger partial charge in [-0.25, -0.2) is 9.10 Å². The van der Waals surface area contributed by atoms with Crippen LogP contribution in [0.3, 0.4) is 0 Å². The van der Waals surface area contributed by atoms with Gasteiger partial charge in [0, 0.05) is 12.5 Å². The Morgan fingerprint density at radius 2 is 1.92 bits per heavy atom. The standard InChI is InChI=1S/C26H24ClNO10S/c1-34-18-7-8-19(27)21(14-18)37-25-20(12-17(26(30)31)13-22(25)35-10-9-29)28(39(32)33)23-15-36-24(38-23)11-16-5-3-2-4-6-16/h2-8,12-15,24,29H,9-11H2,1H3,(H,30,31)(H,32,33)/p-1. The number of aromatic carboxylic acids is 1. The van der Waals surface area contributed by atoms with Crippen molar-refractivity contribution >= 4 is 34.5 Å². The van der Waals surface area contributed by atoms with Gasteiger partial charge in [0.1, 0.15) is 30.1 Å². The number of hydrogen-bond donors (Lipinski definition) is 2. The number of halogens is 1. The van der Waals surface area contributed by atoms with Crippen molar-refractivity contribution < 1.29 is 47.5 Å². The highest BCUT2D eigenvalue weighted by molar-refractivity contribution is 7.80. The van der Waals surface area contributed by atoms with E-state index in [0.717, 1.165) is 24.0 Å². The third-order valence-electron chi connectivity index (χ3n) is 5.37. The predicted octanol–water partition coefficient (Wildman–Crippen LogP) is 4.23. The van der Waals surface area contributed by atoms with E-state index in [0.29, 0.717) is 16.5 Å². The molecule has 0 bridgehead atoms. The summed E-state index contributed by atoms with van der Waals surface area (Å²) >= 11 is 3.27. The molecule has 0 amide bonds. The fourth-order valence-corrected chi connectivity index (χ4v) is 4.30. The summed E-state index contributed by atoms with van der Waals surface area (Å²) in [5.41, 5.74) is 0.291. The van der Waals surface area contributed by atoms with Gasteiger partial charge in [-0.3, -0.25) is 4.21 Å². The van der Waals surface area contributed by atoms with Crippen molar-refractivity contribution in [3.05, 3.63) is 89.0 Å². The van der Waals surface area contributed by atoms with Crippen LogP contribution in [-0.4, -0.2) is 51.6 Å². The van der Waals surface area contributed by atoms with Crippen LogP contribution < -0.4 is 18.5 Å². The number of aliphatic hydroxyl groups excluding tert-OH is 1. The predicted molar refractivity (Wildman–Crippen MR) is 140 cm³/mol. The molecule has 4 rings (SSSR count). The van der Waals surface area contributed by atoms with Gasteiger partial charge in [0.15, 0.2) is 11.5 Å². The largest absolute Gasteiger partial charge is 0.755 e. The summed E-state index contributed by atoms with van der Waals surface area (Å²) in [6.45, 7) is -0.654. The number of benzene rings is 3. The molecule has 1 aliphatic heterocycles. The number of carboxylic acid groups (broad SMARTS) is 1. The van der Waals surface area contributed by atoms with Crippen LogP contribution in [0.2, 0.25) is 5.02 Å². The van der Waals surface area contributed by atoms with Crippen LogP contribution in [0.4, 0.5) is 5.69 Å². The second-order valence-corrected chi connectivity index (χ2v) is 9.15. The minimum atomic E-state index is -3.05. The van der Waals surface area contributed by atoms with Crippen LogP contribution in [0.5, 0.6) is 23.0 Å². The number of carboxylic acids is 1. The molecule has 0 aliphatic carbocycles. The fraction of sp³-hybridized carbons (Fsp3) is 0.192. The lowest BCUT2D eigenvalue weighted by Gasteiger charge is -2.29. The molecule has 39 heavy (non-hydrogen) atoms. The third kappa shape index (κ3) is 6.73. The van der Waals surface area contributed by atoms with Crippen molar-refractivity contribution in [1.82, 2.24) is 0 Å². The summed E-state index contributed by atoms with van der Waals surface area (Å²) in [4.78, 5) is 11.9.